The molecule has 3 fully saturated rings. The second-order valence-corrected chi connectivity index (χ2v) is 14.2. The van der Waals surface area contributed by atoms with Crippen molar-refractivity contribution in [2.45, 2.75) is 57.0 Å². The van der Waals surface area contributed by atoms with Crippen molar-refractivity contribution in [3.05, 3.63) is 94.5 Å². The number of urea groups is 1. The number of nitrogens with zero attached hydrogens (tertiary/aromatic N) is 6. The van der Waals surface area contributed by atoms with Crippen molar-refractivity contribution >= 4 is 51.9 Å². The van der Waals surface area contributed by atoms with Gasteiger partial charge in [0.15, 0.2) is 5.71 Å². The summed E-state index contributed by atoms with van der Waals surface area (Å²) in [5.74, 6) is 0.0971. The van der Waals surface area contributed by atoms with E-state index in [0.29, 0.717) is 24.1 Å². The molecule has 272 valence electrons. The number of pyridine rings is 2. The highest BCUT2D eigenvalue weighted by atomic mass is 19.4. The molecule has 1 aliphatic carbocycles. The van der Waals surface area contributed by atoms with Crippen LogP contribution in [-0.4, -0.2) is 69.3 Å². The summed E-state index contributed by atoms with van der Waals surface area (Å²) in [7, 11) is 0. The number of benzene rings is 2. The largest absolute Gasteiger partial charge is 0.433 e. The van der Waals surface area contributed by atoms with E-state index in [2.05, 4.69) is 43.7 Å². The summed E-state index contributed by atoms with van der Waals surface area (Å²) < 4.78 is 41.1. The molecule has 0 bridgehead atoms. The van der Waals surface area contributed by atoms with Gasteiger partial charge in [-0.3, -0.25) is 24.8 Å². The maximum atomic E-state index is 13.1. The summed E-state index contributed by atoms with van der Waals surface area (Å²) in [5, 5.41) is 13.4. The molecule has 0 unspecified atom stereocenters. The van der Waals surface area contributed by atoms with Gasteiger partial charge in [-0.25, -0.2) is 9.78 Å². The summed E-state index contributed by atoms with van der Waals surface area (Å²) in [6.07, 6.45) is 7.34. The molecule has 53 heavy (non-hydrogen) atoms. The van der Waals surface area contributed by atoms with Gasteiger partial charge in [0.25, 0.3) is 5.91 Å². The number of carbonyl (C=O) groups is 3. The van der Waals surface area contributed by atoms with Crippen LogP contribution in [-0.2, 0) is 11.0 Å². The molecule has 4 amide bonds. The predicted octanol–water partition coefficient (Wildman–Crippen LogP) is 5.16. The zero-order valence-corrected chi connectivity index (χ0v) is 28.9. The molecule has 8 rings (SSSR count). The lowest BCUT2D eigenvalue weighted by Crippen LogP contribution is -2.49. The van der Waals surface area contributed by atoms with Crippen molar-refractivity contribution in [1.82, 2.24) is 20.2 Å². The van der Waals surface area contributed by atoms with E-state index < -0.39 is 23.8 Å². The van der Waals surface area contributed by atoms with Gasteiger partial charge in [-0.1, -0.05) is 22.9 Å². The van der Waals surface area contributed by atoms with Gasteiger partial charge in [0.1, 0.15) is 16.7 Å². The minimum absolute atomic E-state index is 0.257. The first-order chi connectivity index (χ1) is 25.6. The molecule has 0 spiro atoms. The Morgan fingerprint density at radius 3 is 2.53 bits per heavy atom. The van der Waals surface area contributed by atoms with Crippen LogP contribution in [0.5, 0.6) is 0 Å². The van der Waals surface area contributed by atoms with Crippen LogP contribution in [0.3, 0.4) is 0 Å². The van der Waals surface area contributed by atoms with Gasteiger partial charge >= 0.3 is 12.2 Å². The van der Waals surface area contributed by atoms with E-state index in [-0.39, 0.29) is 18.0 Å². The highest BCUT2D eigenvalue weighted by molar-refractivity contribution is 6.09. The number of anilines is 2. The Hall–Kier alpha value is -5.50. The van der Waals surface area contributed by atoms with Crippen molar-refractivity contribution in [2.24, 2.45) is 11.0 Å². The van der Waals surface area contributed by atoms with Gasteiger partial charge in [0, 0.05) is 60.1 Å². The quantitative estimate of drug-likeness (QED) is 0.265. The van der Waals surface area contributed by atoms with Crippen LogP contribution in [0, 0.1) is 5.92 Å². The Kier molecular flexibility index (Phi) is 9.23. The summed E-state index contributed by atoms with van der Waals surface area (Å²) in [5.41, 5.74) is 2.29. The molecular formula is C39H38F3N8O3+. The van der Waals surface area contributed by atoms with E-state index in [1.807, 2.05) is 17.1 Å². The number of hydrogen-bond donors (Lipinski definition) is 2. The van der Waals surface area contributed by atoms with Crippen LogP contribution >= 0.6 is 0 Å². The van der Waals surface area contributed by atoms with Crippen LogP contribution < -0.4 is 26.1 Å². The number of carbonyl (C=O) groups excluding carboxylic acids is 3. The predicted molar refractivity (Wildman–Crippen MR) is 192 cm³/mol. The van der Waals surface area contributed by atoms with E-state index in [1.54, 1.807) is 29.3 Å². The average molecular weight is 724 g/mol. The van der Waals surface area contributed by atoms with Gasteiger partial charge in [-0.2, -0.15) is 13.2 Å². The molecule has 2 aromatic carbocycles. The molecule has 2 aromatic heterocycles. The normalized spacial score (nSPS) is 19.8. The Morgan fingerprint density at radius 1 is 0.943 bits per heavy atom. The monoisotopic (exact) mass is 723 g/mol. The van der Waals surface area contributed by atoms with Gasteiger partial charge in [-0.05, 0) is 92.6 Å². The lowest BCUT2D eigenvalue weighted by molar-refractivity contribution is -0.430. The van der Waals surface area contributed by atoms with E-state index in [9.17, 15) is 27.6 Å². The number of nitrogens with one attached hydrogen (secondary N) is 2. The number of halogens is 3. The third-order valence-electron chi connectivity index (χ3n) is 10.7. The lowest BCUT2D eigenvalue weighted by Gasteiger charge is -2.35. The summed E-state index contributed by atoms with van der Waals surface area (Å²) in [4.78, 5) is 48.8. The summed E-state index contributed by atoms with van der Waals surface area (Å²) in [6, 6.07) is 14.5. The molecule has 4 aromatic rings. The number of amides is 4. The number of hydrogen-bond acceptors (Lipinski definition) is 7. The first-order valence-electron chi connectivity index (χ1n) is 18.0. The number of fused-ring (bicyclic) bond motifs is 2. The Balaban J connectivity index is 0.842. The van der Waals surface area contributed by atoms with Gasteiger partial charge in [0.05, 0.1) is 17.1 Å². The topological polar surface area (TPSA) is 123 Å². The smallest absolute Gasteiger partial charge is 0.321 e. The van der Waals surface area contributed by atoms with E-state index >= 15 is 0 Å². The number of piperidine rings is 1. The summed E-state index contributed by atoms with van der Waals surface area (Å²) in [6.45, 7) is 3.51. The molecule has 0 radical (unpaired) electrons. The number of likely N-dealkylation sites (tertiary alicyclic amines) is 1. The highest BCUT2D eigenvalue weighted by Gasteiger charge is 2.33. The molecule has 11 nitrogen and oxygen atoms in total. The van der Waals surface area contributed by atoms with Crippen molar-refractivity contribution in [1.29, 1.82) is 0 Å². The molecule has 0 atom stereocenters. The average Bonchev–Trinajstić information content (AvgIpc) is 3.58. The van der Waals surface area contributed by atoms with Crippen molar-refractivity contribution < 1.29 is 32.2 Å². The second-order valence-electron chi connectivity index (χ2n) is 14.2. The molecule has 2 saturated heterocycles. The molecule has 3 aliphatic heterocycles. The van der Waals surface area contributed by atoms with Crippen molar-refractivity contribution in [3.8, 4) is 0 Å². The van der Waals surface area contributed by atoms with Crippen molar-refractivity contribution in [2.75, 3.05) is 36.4 Å². The number of rotatable bonds is 6. The van der Waals surface area contributed by atoms with Gasteiger partial charge < -0.3 is 10.2 Å². The Bertz CT molecular complexity index is 2270. The summed E-state index contributed by atoms with van der Waals surface area (Å²) >= 11 is 0. The molecule has 1 saturated carbocycles. The van der Waals surface area contributed by atoms with Crippen LogP contribution in [0.2, 0.25) is 0 Å². The van der Waals surface area contributed by atoms with Crippen LogP contribution in [0.15, 0.2) is 72.1 Å². The van der Waals surface area contributed by atoms with Gasteiger partial charge in [0.2, 0.25) is 12.1 Å². The third-order valence-corrected chi connectivity index (χ3v) is 10.7. The van der Waals surface area contributed by atoms with E-state index in [4.69, 9.17) is 5.10 Å². The van der Waals surface area contributed by atoms with Crippen LogP contribution in [0.25, 0.3) is 17.0 Å². The van der Waals surface area contributed by atoms with E-state index in [0.717, 1.165) is 91.3 Å². The minimum atomic E-state index is -4.63. The first kappa shape index (κ1) is 34.6. The van der Waals surface area contributed by atoms with Gasteiger partial charge in [-0.15, -0.1) is 0 Å². The molecule has 4 aliphatic rings. The zero-order valence-electron chi connectivity index (χ0n) is 28.9. The number of alkyl halides is 3. The van der Waals surface area contributed by atoms with Crippen molar-refractivity contribution in [3.63, 3.8) is 0 Å². The SMILES string of the molecule is O=C1CCN(c2cncc3cc(C4CCN(CC5CCC(=[N+]6C=c7cc(NC(=O)c8cccc(C(F)(F)F)n8)ccc7=N6)CC5)CC4)ccc23)C(=O)N1. The fourth-order valence-corrected chi connectivity index (χ4v) is 7.86. The Labute approximate surface area is 302 Å². The molecule has 5 heterocycles. The maximum absolute atomic E-state index is 13.1. The minimum Gasteiger partial charge on any atom is -0.321 e. The zero-order chi connectivity index (χ0) is 36.7. The lowest BCUT2D eigenvalue weighted by atomic mass is 9.85. The number of imide groups is 1. The fourth-order valence-electron chi connectivity index (χ4n) is 7.86. The molecular weight excluding hydrogens is 685 g/mol. The standard InChI is InChI=1S/C39H37F3N8O3/c40-39(41,42)35-3-1-2-33(45-35)37(52)44-29-7-11-32-28(19-29)23-50(47-32)30-8-4-24(5-9-30)22-48-15-12-25(13-16-48)26-6-10-31-27(18-26)20-43-21-34(31)49-17-14-36(51)46-38(49)53/h1-3,6-7,10-11,18-21,23-25H,4-5,8-9,12-17,22H2,(H-,44,46,51,52,53)/p+1. The number of aromatic nitrogens is 2. The third kappa shape index (κ3) is 7.41. The highest BCUT2D eigenvalue weighted by Crippen LogP contribution is 2.34. The molecule has 2 N–H and O–H groups in total. The molecule has 14 heteroatoms. The van der Waals surface area contributed by atoms with Crippen LogP contribution in [0.4, 0.5) is 29.3 Å². The Morgan fingerprint density at radius 2 is 1.75 bits per heavy atom. The first-order valence-corrected chi connectivity index (χ1v) is 18.0. The maximum Gasteiger partial charge on any atom is 0.433 e. The van der Waals surface area contributed by atoms with E-state index in [1.165, 1.54) is 23.4 Å². The fraction of sp³-hybridized carbons (Fsp3) is 0.359. The van der Waals surface area contributed by atoms with Crippen LogP contribution in [0.1, 0.15) is 72.6 Å². The second kappa shape index (κ2) is 14.1.